The van der Waals surface area contributed by atoms with Crippen molar-refractivity contribution in [3.63, 3.8) is 0 Å². The molecule has 0 unspecified atom stereocenters. The van der Waals surface area contributed by atoms with Gasteiger partial charge in [-0.3, -0.25) is 4.98 Å². The molecule has 3 rings (SSSR count). The second-order valence-corrected chi connectivity index (χ2v) is 4.58. The number of aromatic amines is 1. The molecule has 0 aliphatic rings. The molecule has 3 aromatic rings. The van der Waals surface area contributed by atoms with Crippen molar-refractivity contribution in [2.24, 2.45) is 12.1 Å². The molecule has 1 N–H and O–H groups in total. The Labute approximate surface area is 120 Å². The van der Waals surface area contributed by atoms with Crippen LogP contribution in [-0.2, 0) is 7.05 Å². The molecule has 0 fully saturated rings. The fourth-order valence-corrected chi connectivity index (χ4v) is 1.99. The molecule has 0 aliphatic heterocycles. The first kappa shape index (κ1) is 12.5. The summed E-state index contributed by atoms with van der Waals surface area (Å²) in [5, 5.41) is 11.3. The third-order valence-electron chi connectivity index (χ3n) is 2.86. The lowest BCUT2D eigenvalue weighted by atomic mass is 10.3. The van der Waals surface area contributed by atoms with Gasteiger partial charge in [-0.05, 0) is 36.5 Å². The molecule has 0 aromatic carbocycles. The SMILES string of the molecule is Cn1cccc1/C=N/n1c(-c2cccnc2)n[nH]c1=S. The number of H-pyrrole nitrogens is 1. The number of nitrogens with one attached hydrogen (secondary N) is 1. The largest absolute Gasteiger partial charge is 0.350 e. The third-order valence-corrected chi connectivity index (χ3v) is 3.12. The van der Waals surface area contributed by atoms with Crippen LogP contribution < -0.4 is 0 Å². The zero-order valence-corrected chi connectivity index (χ0v) is 11.6. The van der Waals surface area contributed by atoms with Crippen LogP contribution in [0, 0.1) is 4.77 Å². The van der Waals surface area contributed by atoms with Gasteiger partial charge in [0.1, 0.15) is 0 Å². The monoisotopic (exact) mass is 284 g/mol. The van der Waals surface area contributed by atoms with Gasteiger partial charge in [0.25, 0.3) is 0 Å². The third kappa shape index (κ3) is 2.30. The first-order valence-electron chi connectivity index (χ1n) is 5.99. The van der Waals surface area contributed by atoms with E-state index >= 15 is 0 Å². The van der Waals surface area contributed by atoms with E-state index in [1.807, 2.05) is 42.1 Å². The molecule has 0 amide bonds. The molecule has 7 heteroatoms. The second kappa shape index (κ2) is 5.22. The van der Waals surface area contributed by atoms with Crippen LogP contribution >= 0.6 is 12.2 Å². The van der Waals surface area contributed by atoms with Gasteiger partial charge in [-0.1, -0.05) is 0 Å². The average molecular weight is 284 g/mol. The van der Waals surface area contributed by atoms with Gasteiger partial charge in [-0.25, -0.2) is 5.10 Å². The Morgan fingerprint density at radius 3 is 2.95 bits per heavy atom. The van der Waals surface area contributed by atoms with Gasteiger partial charge in [0.15, 0.2) is 5.82 Å². The van der Waals surface area contributed by atoms with Crippen LogP contribution in [-0.4, -0.2) is 30.6 Å². The van der Waals surface area contributed by atoms with Gasteiger partial charge in [-0.2, -0.15) is 14.9 Å². The molecule has 0 saturated carbocycles. The summed E-state index contributed by atoms with van der Waals surface area (Å²) in [5.41, 5.74) is 1.83. The van der Waals surface area contributed by atoms with Crippen LogP contribution in [0.5, 0.6) is 0 Å². The first-order chi connectivity index (χ1) is 9.75. The van der Waals surface area contributed by atoms with Crippen LogP contribution in [0.2, 0.25) is 0 Å². The van der Waals surface area contributed by atoms with Crippen LogP contribution in [0.25, 0.3) is 11.4 Å². The van der Waals surface area contributed by atoms with Gasteiger partial charge in [0.05, 0.1) is 11.9 Å². The summed E-state index contributed by atoms with van der Waals surface area (Å²) in [4.78, 5) is 4.08. The highest BCUT2D eigenvalue weighted by molar-refractivity contribution is 7.71. The number of aromatic nitrogens is 5. The summed E-state index contributed by atoms with van der Waals surface area (Å²) in [6, 6.07) is 7.68. The number of nitrogens with zero attached hydrogens (tertiary/aromatic N) is 5. The van der Waals surface area contributed by atoms with E-state index in [4.69, 9.17) is 12.2 Å². The molecule has 6 nitrogen and oxygen atoms in total. The van der Waals surface area contributed by atoms with Gasteiger partial charge in [-0.15, -0.1) is 0 Å². The lowest BCUT2D eigenvalue weighted by molar-refractivity contribution is 0.861. The number of rotatable bonds is 3. The molecule has 0 aliphatic carbocycles. The van der Waals surface area contributed by atoms with Crippen LogP contribution in [0.3, 0.4) is 0 Å². The lowest BCUT2D eigenvalue weighted by Gasteiger charge is -2.00. The maximum absolute atomic E-state index is 5.20. The van der Waals surface area contributed by atoms with E-state index in [1.165, 1.54) is 0 Å². The Kier molecular flexibility index (Phi) is 3.26. The summed E-state index contributed by atoms with van der Waals surface area (Å²) >= 11 is 5.20. The summed E-state index contributed by atoms with van der Waals surface area (Å²) < 4.78 is 3.99. The van der Waals surface area contributed by atoms with Crippen molar-refractivity contribution in [3.8, 4) is 11.4 Å². The summed E-state index contributed by atoms with van der Waals surface area (Å²) in [6.45, 7) is 0. The van der Waals surface area contributed by atoms with E-state index in [0.717, 1.165) is 11.3 Å². The van der Waals surface area contributed by atoms with E-state index in [0.29, 0.717) is 10.6 Å². The average Bonchev–Trinajstić information content (AvgIpc) is 3.04. The summed E-state index contributed by atoms with van der Waals surface area (Å²) in [5.74, 6) is 0.633. The van der Waals surface area contributed by atoms with Gasteiger partial charge in [0.2, 0.25) is 4.77 Å². The fraction of sp³-hybridized carbons (Fsp3) is 0.0769. The molecule has 0 radical (unpaired) electrons. The molecule has 3 heterocycles. The maximum atomic E-state index is 5.20. The zero-order chi connectivity index (χ0) is 13.9. The quantitative estimate of drug-likeness (QED) is 0.592. The molecular weight excluding hydrogens is 272 g/mol. The second-order valence-electron chi connectivity index (χ2n) is 4.19. The van der Waals surface area contributed by atoms with Crippen molar-refractivity contribution in [3.05, 3.63) is 53.3 Å². The Hall–Kier alpha value is -2.54. The van der Waals surface area contributed by atoms with Crippen LogP contribution in [0.1, 0.15) is 5.69 Å². The predicted molar refractivity (Wildman–Crippen MR) is 79.0 cm³/mol. The molecule has 0 bridgehead atoms. The molecule has 0 atom stereocenters. The van der Waals surface area contributed by atoms with Crippen molar-refractivity contribution in [2.45, 2.75) is 0 Å². The lowest BCUT2D eigenvalue weighted by Crippen LogP contribution is -1.98. The highest BCUT2D eigenvalue weighted by Gasteiger charge is 2.07. The van der Waals surface area contributed by atoms with Crippen molar-refractivity contribution < 1.29 is 0 Å². The minimum Gasteiger partial charge on any atom is -0.350 e. The first-order valence-corrected chi connectivity index (χ1v) is 6.40. The van der Waals surface area contributed by atoms with Gasteiger partial charge < -0.3 is 4.57 Å². The molecule has 0 saturated heterocycles. The fourth-order valence-electron chi connectivity index (χ4n) is 1.81. The molecule has 3 aromatic heterocycles. The standard InChI is InChI=1S/C13H12N6S/c1-18-7-3-5-11(18)9-15-19-12(16-17-13(19)20)10-4-2-6-14-8-10/h2-9H,1H3,(H,17,20)/b15-9+. The van der Waals surface area contributed by atoms with Crippen molar-refractivity contribution in [1.82, 2.24) is 24.4 Å². The Balaban J connectivity index is 2.03. The number of aryl methyl sites for hydroxylation is 1. The smallest absolute Gasteiger partial charge is 0.216 e. The zero-order valence-electron chi connectivity index (χ0n) is 10.8. The van der Waals surface area contributed by atoms with Gasteiger partial charge >= 0.3 is 0 Å². The molecule has 20 heavy (non-hydrogen) atoms. The molecular formula is C13H12N6S. The van der Waals surface area contributed by atoms with E-state index in [-0.39, 0.29) is 0 Å². The number of hydrogen-bond acceptors (Lipinski definition) is 4. The van der Waals surface area contributed by atoms with Crippen LogP contribution in [0.4, 0.5) is 0 Å². The molecule has 0 spiro atoms. The Morgan fingerprint density at radius 2 is 2.25 bits per heavy atom. The van der Waals surface area contributed by atoms with Crippen LogP contribution in [0.15, 0.2) is 48.0 Å². The summed E-state index contributed by atoms with van der Waals surface area (Å²) in [6.07, 6.45) is 7.13. The topological polar surface area (TPSA) is 63.8 Å². The van der Waals surface area contributed by atoms with Crippen molar-refractivity contribution in [2.75, 3.05) is 0 Å². The van der Waals surface area contributed by atoms with Crippen molar-refractivity contribution in [1.29, 1.82) is 0 Å². The number of pyridine rings is 1. The summed E-state index contributed by atoms with van der Waals surface area (Å²) in [7, 11) is 1.96. The highest BCUT2D eigenvalue weighted by atomic mass is 32.1. The number of hydrogen-bond donors (Lipinski definition) is 1. The minimum absolute atomic E-state index is 0.439. The Morgan fingerprint density at radius 1 is 1.35 bits per heavy atom. The highest BCUT2D eigenvalue weighted by Crippen LogP contribution is 2.15. The van der Waals surface area contributed by atoms with Gasteiger partial charge in [0, 0.05) is 31.2 Å². The Bertz CT molecular complexity index is 796. The minimum atomic E-state index is 0.439. The van der Waals surface area contributed by atoms with E-state index in [1.54, 1.807) is 23.3 Å². The van der Waals surface area contributed by atoms with E-state index < -0.39 is 0 Å². The van der Waals surface area contributed by atoms with Crippen molar-refractivity contribution >= 4 is 18.4 Å². The van der Waals surface area contributed by atoms with E-state index in [2.05, 4.69) is 20.3 Å². The normalized spacial score (nSPS) is 11.2. The maximum Gasteiger partial charge on any atom is 0.216 e. The predicted octanol–water partition coefficient (Wildman–Crippen LogP) is 2.22. The molecule has 100 valence electrons. The van der Waals surface area contributed by atoms with E-state index in [9.17, 15) is 0 Å².